The maximum absolute atomic E-state index is 13.6. The fraction of sp³-hybridized carbons (Fsp3) is 0.421. The SMILES string of the molecule is COC[C@@H]1CN[C@H](c2nc3ccc4cc5c(cc4c3[nH]2)OCc2cc(-c3cnc([C@@H]4C[C@H](C)CN4C(=O)[C@@H](NC(=O)O)C(C)C)[nH]3)ccc2-5)C1. The number of likely N-dealkylation sites (tertiary alicyclic amines) is 1. The number of nitrogens with one attached hydrogen (secondary N) is 4. The molecule has 0 aliphatic carbocycles. The van der Waals surface area contributed by atoms with E-state index in [9.17, 15) is 14.7 Å². The Labute approximate surface area is 290 Å². The van der Waals surface area contributed by atoms with Crippen LogP contribution >= 0.6 is 0 Å². The normalized spacial score (nSPS) is 22.1. The summed E-state index contributed by atoms with van der Waals surface area (Å²) in [6, 6.07) is 14.0. The number of aromatic nitrogens is 4. The van der Waals surface area contributed by atoms with Crippen LogP contribution in [0, 0.1) is 17.8 Å². The van der Waals surface area contributed by atoms with E-state index in [1.165, 1.54) is 0 Å². The van der Waals surface area contributed by atoms with E-state index in [0.29, 0.717) is 24.9 Å². The number of aromatic amines is 2. The van der Waals surface area contributed by atoms with Crippen LogP contribution in [0.3, 0.4) is 0 Å². The van der Waals surface area contributed by atoms with Gasteiger partial charge in [0, 0.05) is 31.1 Å². The van der Waals surface area contributed by atoms with E-state index in [-0.39, 0.29) is 29.8 Å². The number of carbonyl (C=O) groups excluding carboxylic acids is 1. The van der Waals surface area contributed by atoms with E-state index in [1.54, 1.807) is 12.0 Å². The number of nitrogens with zero attached hydrogens (tertiary/aromatic N) is 3. The molecule has 12 heteroatoms. The van der Waals surface area contributed by atoms with E-state index in [0.717, 1.165) is 87.3 Å². The molecule has 0 unspecified atom stereocenters. The molecule has 3 aromatic carbocycles. The highest BCUT2D eigenvalue weighted by Gasteiger charge is 2.40. The fourth-order valence-corrected chi connectivity index (χ4v) is 8.05. The smallest absolute Gasteiger partial charge is 0.405 e. The highest BCUT2D eigenvalue weighted by molar-refractivity contribution is 6.07. The minimum atomic E-state index is -1.20. The molecule has 5 N–H and O–H groups in total. The number of carbonyl (C=O) groups is 2. The molecule has 0 spiro atoms. The summed E-state index contributed by atoms with van der Waals surface area (Å²) < 4.78 is 11.7. The van der Waals surface area contributed by atoms with Gasteiger partial charge in [0.1, 0.15) is 30.0 Å². The molecule has 3 aliphatic rings. The van der Waals surface area contributed by atoms with E-state index < -0.39 is 12.1 Å². The van der Waals surface area contributed by atoms with Crippen LogP contribution in [0.2, 0.25) is 0 Å². The van der Waals surface area contributed by atoms with Gasteiger partial charge in [0.25, 0.3) is 0 Å². The molecule has 2 saturated heterocycles. The van der Waals surface area contributed by atoms with Crippen LogP contribution in [0.5, 0.6) is 5.75 Å². The summed E-state index contributed by atoms with van der Waals surface area (Å²) in [5.74, 6) is 2.85. The number of hydrogen-bond acceptors (Lipinski definition) is 7. The number of methoxy groups -OCH3 is 1. The maximum atomic E-state index is 13.6. The summed E-state index contributed by atoms with van der Waals surface area (Å²) >= 11 is 0. The number of fused-ring (bicyclic) bond motifs is 6. The van der Waals surface area contributed by atoms with Gasteiger partial charge >= 0.3 is 6.09 Å². The Hall–Kier alpha value is -4.94. The lowest BCUT2D eigenvalue weighted by Gasteiger charge is -2.29. The summed E-state index contributed by atoms with van der Waals surface area (Å²) in [4.78, 5) is 43.5. The van der Waals surface area contributed by atoms with Crippen molar-refractivity contribution in [2.75, 3.05) is 26.8 Å². The number of imidazole rings is 2. The predicted octanol–water partition coefficient (Wildman–Crippen LogP) is 6.16. The average molecular weight is 678 g/mol. The number of H-pyrrole nitrogens is 2. The first kappa shape index (κ1) is 32.3. The topological polar surface area (TPSA) is 157 Å². The Morgan fingerprint density at radius 2 is 1.96 bits per heavy atom. The average Bonchev–Trinajstić information content (AvgIpc) is 3.92. The minimum Gasteiger partial charge on any atom is -0.488 e. The van der Waals surface area contributed by atoms with Crippen LogP contribution in [0.25, 0.3) is 44.2 Å². The van der Waals surface area contributed by atoms with Crippen LogP contribution in [0.4, 0.5) is 4.79 Å². The van der Waals surface area contributed by atoms with Crippen molar-refractivity contribution in [2.45, 2.75) is 58.3 Å². The Kier molecular flexibility index (Phi) is 8.23. The Bertz CT molecular complexity index is 2100. The number of rotatable bonds is 8. The third kappa shape index (κ3) is 5.75. The van der Waals surface area contributed by atoms with Crippen molar-refractivity contribution in [3.8, 4) is 28.1 Å². The lowest BCUT2D eigenvalue weighted by molar-refractivity contribution is -0.135. The molecule has 5 atom stereocenters. The van der Waals surface area contributed by atoms with Gasteiger partial charge in [0.2, 0.25) is 5.91 Å². The molecule has 2 aromatic heterocycles. The van der Waals surface area contributed by atoms with Crippen LogP contribution in [-0.4, -0.2) is 74.8 Å². The monoisotopic (exact) mass is 677 g/mol. The van der Waals surface area contributed by atoms with Gasteiger partial charge in [-0.1, -0.05) is 39.0 Å². The zero-order valence-corrected chi connectivity index (χ0v) is 28.7. The molecule has 12 nitrogen and oxygen atoms in total. The van der Waals surface area contributed by atoms with Crippen LogP contribution in [0.15, 0.2) is 48.7 Å². The van der Waals surface area contributed by atoms with E-state index >= 15 is 0 Å². The highest BCUT2D eigenvalue weighted by Crippen LogP contribution is 2.43. The van der Waals surface area contributed by atoms with E-state index in [2.05, 4.69) is 70.0 Å². The van der Waals surface area contributed by atoms with Crippen molar-refractivity contribution in [1.82, 2.24) is 35.5 Å². The number of amides is 2. The molecule has 5 aromatic rings. The molecule has 2 amide bonds. The molecular weight excluding hydrogens is 634 g/mol. The van der Waals surface area contributed by atoms with Gasteiger partial charge in [-0.2, -0.15) is 0 Å². The molecule has 5 heterocycles. The van der Waals surface area contributed by atoms with Crippen molar-refractivity contribution in [2.24, 2.45) is 17.8 Å². The number of carboxylic acid groups (broad SMARTS) is 1. The standard InChI is InChI=1S/C38H43N7O5/c1-19(2)33(44-38(47)48)37(46)45-16-20(3)9-31(45)36-40-15-30(42-36)23-5-7-25-24(11-23)18-50-32-13-26-22(12-27(25)32)6-8-28-34(26)43-35(41-28)29-10-21(14-39-29)17-49-4/h5-8,11-13,15,19-21,29,31,33,39,44H,9-10,14,16-18H2,1-4H3,(H,40,42)(H,41,43)(H,47,48)/t20-,21-,29-,31-,33-/m0/s1. The molecule has 2 fully saturated rings. The molecule has 50 heavy (non-hydrogen) atoms. The first-order valence-corrected chi connectivity index (χ1v) is 17.5. The second-order valence-corrected chi connectivity index (χ2v) is 14.5. The zero-order chi connectivity index (χ0) is 34.7. The summed E-state index contributed by atoms with van der Waals surface area (Å²) in [5.41, 5.74) is 7.07. The van der Waals surface area contributed by atoms with Gasteiger partial charge in [-0.25, -0.2) is 14.8 Å². The highest BCUT2D eigenvalue weighted by atomic mass is 16.5. The number of hydrogen-bond donors (Lipinski definition) is 5. The molecule has 0 saturated carbocycles. The second kappa shape index (κ2) is 12.7. The first-order valence-electron chi connectivity index (χ1n) is 17.5. The third-order valence-electron chi connectivity index (χ3n) is 10.6. The van der Waals surface area contributed by atoms with Gasteiger partial charge in [-0.15, -0.1) is 0 Å². The molecule has 8 rings (SSSR count). The van der Waals surface area contributed by atoms with Crippen molar-refractivity contribution in [1.29, 1.82) is 0 Å². The lowest BCUT2D eigenvalue weighted by atomic mass is 9.92. The minimum absolute atomic E-state index is 0.181. The fourth-order valence-electron chi connectivity index (χ4n) is 8.05. The van der Waals surface area contributed by atoms with Crippen LogP contribution in [-0.2, 0) is 16.1 Å². The quantitative estimate of drug-likeness (QED) is 0.131. The van der Waals surface area contributed by atoms with Gasteiger partial charge in [-0.3, -0.25) is 4.79 Å². The third-order valence-corrected chi connectivity index (χ3v) is 10.6. The zero-order valence-electron chi connectivity index (χ0n) is 28.7. The van der Waals surface area contributed by atoms with E-state index in [4.69, 9.17) is 19.4 Å². The van der Waals surface area contributed by atoms with Crippen molar-refractivity contribution in [3.05, 3.63) is 65.9 Å². The number of ether oxygens (including phenoxy) is 2. The molecule has 0 bridgehead atoms. The van der Waals surface area contributed by atoms with Crippen molar-refractivity contribution in [3.63, 3.8) is 0 Å². The maximum Gasteiger partial charge on any atom is 0.405 e. The second-order valence-electron chi connectivity index (χ2n) is 14.5. The molecule has 0 radical (unpaired) electrons. The van der Waals surface area contributed by atoms with Crippen molar-refractivity contribution < 1.29 is 24.2 Å². The summed E-state index contributed by atoms with van der Waals surface area (Å²) in [6.07, 6.45) is 2.35. The van der Waals surface area contributed by atoms with E-state index in [1.807, 2.05) is 20.0 Å². The Morgan fingerprint density at radius 3 is 2.76 bits per heavy atom. The Balaban J connectivity index is 1.05. The van der Waals surface area contributed by atoms with Crippen molar-refractivity contribution >= 4 is 33.8 Å². The first-order chi connectivity index (χ1) is 24.2. The summed E-state index contributed by atoms with van der Waals surface area (Å²) in [6.45, 7) is 8.46. The summed E-state index contributed by atoms with van der Waals surface area (Å²) in [7, 11) is 1.75. The van der Waals surface area contributed by atoms with Gasteiger partial charge in [0.05, 0.1) is 41.6 Å². The Morgan fingerprint density at radius 1 is 1.10 bits per heavy atom. The molecule has 3 aliphatic heterocycles. The lowest BCUT2D eigenvalue weighted by Crippen LogP contribution is -2.50. The molecule has 260 valence electrons. The predicted molar refractivity (Wildman–Crippen MR) is 190 cm³/mol. The van der Waals surface area contributed by atoms with Crippen LogP contribution < -0.4 is 15.4 Å². The van der Waals surface area contributed by atoms with Gasteiger partial charge in [-0.05, 0) is 76.9 Å². The summed E-state index contributed by atoms with van der Waals surface area (Å²) in [5, 5.41) is 17.6. The van der Waals surface area contributed by atoms with Gasteiger partial charge < -0.3 is 40.1 Å². The van der Waals surface area contributed by atoms with Crippen LogP contribution in [0.1, 0.15) is 62.9 Å². The molecular formula is C38H43N7O5. The van der Waals surface area contributed by atoms with Gasteiger partial charge in [0.15, 0.2) is 0 Å². The largest absolute Gasteiger partial charge is 0.488 e. The number of benzene rings is 3.